The lowest BCUT2D eigenvalue weighted by Crippen LogP contribution is -2.62. The molecule has 1 aromatic rings. The van der Waals surface area contributed by atoms with Crippen molar-refractivity contribution in [2.24, 2.45) is 5.92 Å². The van der Waals surface area contributed by atoms with E-state index in [0.717, 1.165) is 31.2 Å². The second-order valence-corrected chi connectivity index (χ2v) is 6.03. The Kier molecular flexibility index (Phi) is 3.08. The van der Waals surface area contributed by atoms with Crippen LogP contribution < -0.4 is 5.32 Å². The molecule has 4 nitrogen and oxygen atoms in total. The lowest BCUT2D eigenvalue weighted by Gasteiger charge is -2.45. The van der Waals surface area contributed by atoms with E-state index in [4.69, 9.17) is 0 Å². The van der Waals surface area contributed by atoms with Crippen molar-refractivity contribution in [3.8, 4) is 0 Å². The summed E-state index contributed by atoms with van der Waals surface area (Å²) in [6, 6.07) is 2.59. The van der Waals surface area contributed by atoms with Gasteiger partial charge >= 0.3 is 0 Å². The highest BCUT2D eigenvalue weighted by atomic mass is 15.3. The number of hydrogen-bond donors (Lipinski definition) is 1. The summed E-state index contributed by atoms with van der Waals surface area (Å²) in [7, 11) is 0. The lowest BCUT2D eigenvalue weighted by atomic mass is 9.91. The minimum absolute atomic E-state index is 0.305. The zero-order chi connectivity index (χ0) is 12.6. The third-order valence-corrected chi connectivity index (χ3v) is 4.44. The average Bonchev–Trinajstić information content (AvgIpc) is 3.20. The highest BCUT2D eigenvalue weighted by molar-refractivity contribution is 5.05. The Morgan fingerprint density at radius 3 is 3.00 bits per heavy atom. The van der Waals surface area contributed by atoms with Gasteiger partial charge in [0.2, 0.25) is 0 Å². The number of aromatic nitrogens is 2. The summed E-state index contributed by atoms with van der Waals surface area (Å²) in [5.41, 5.74) is 1.43. The van der Waals surface area contributed by atoms with Gasteiger partial charge in [-0.3, -0.25) is 4.90 Å². The molecule has 0 amide bonds. The number of hydrogen-bond acceptors (Lipinski definition) is 4. The number of piperazine rings is 1. The smallest absolute Gasteiger partial charge is 0.115 e. The molecule has 1 aliphatic heterocycles. The predicted octanol–water partition coefficient (Wildman–Crippen LogP) is 1.44. The molecule has 98 valence electrons. The molecule has 1 aliphatic carbocycles. The molecule has 1 aromatic heterocycles. The van der Waals surface area contributed by atoms with Crippen molar-refractivity contribution in [3.63, 3.8) is 0 Å². The molecule has 0 spiro atoms. The molecule has 0 radical (unpaired) electrons. The average molecular weight is 246 g/mol. The van der Waals surface area contributed by atoms with Crippen molar-refractivity contribution in [1.82, 2.24) is 20.2 Å². The minimum atomic E-state index is 0.305. The van der Waals surface area contributed by atoms with Crippen molar-refractivity contribution in [1.29, 1.82) is 0 Å². The molecule has 2 aliphatic rings. The first kappa shape index (κ1) is 12.1. The first-order valence-corrected chi connectivity index (χ1v) is 6.91. The molecule has 2 fully saturated rings. The van der Waals surface area contributed by atoms with Crippen molar-refractivity contribution in [2.45, 2.75) is 44.8 Å². The fourth-order valence-corrected chi connectivity index (χ4v) is 2.97. The first-order chi connectivity index (χ1) is 8.67. The molecular weight excluding hydrogens is 224 g/mol. The van der Waals surface area contributed by atoms with Crippen LogP contribution in [0.2, 0.25) is 0 Å². The highest BCUT2D eigenvalue weighted by Gasteiger charge is 2.45. The van der Waals surface area contributed by atoms with E-state index in [2.05, 4.69) is 34.0 Å². The Balaban J connectivity index is 1.70. The van der Waals surface area contributed by atoms with Crippen LogP contribution in [-0.2, 0) is 6.54 Å². The van der Waals surface area contributed by atoms with Gasteiger partial charge in [-0.1, -0.05) is 0 Å². The molecule has 0 aromatic carbocycles. The molecule has 1 N–H and O–H groups in total. The maximum Gasteiger partial charge on any atom is 0.115 e. The zero-order valence-corrected chi connectivity index (χ0v) is 11.3. The summed E-state index contributed by atoms with van der Waals surface area (Å²) in [6.45, 7) is 7.82. The Labute approximate surface area is 109 Å². The van der Waals surface area contributed by atoms with Gasteiger partial charge in [-0.2, -0.15) is 0 Å². The van der Waals surface area contributed by atoms with Gasteiger partial charge in [0.15, 0.2) is 0 Å². The van der Waals surface area contributed by atoms with Gasteiger partial charge in [0.05, 0.1) is 5.69 Å². The van der Waals surface area contributed by atoms with Crippen LogP contribution >= 0.6 is 0 Å². The van der Waals surface area contributed by atoms with E-state index in [1.54, 1.807) is 6.33 Å². The SMILES string of the molecule is CC1CNC(C)(C2CC2)CN1Cc1ccncn1. The number of rotatable bonds is 3. The monoisotopic (exact) mass is 246 g/mol. The van der Waals surface area contributed by atoms with Crippen molar-refractivity contribution >= 4 is 0 Å². The van der Waals surface area contributed by atoms with Gasteiger partial charge in [0.25, 0.3) is 0 Å². The van der Waals surface area contributed by atoms with Gasteiger partial charge < -0.3 is 5.32 Å². The zero-order valence-electron chi connectivity index (χ0n) is 11.3. The fourth-order valence-electron chi connectivity index (χ4n) is 2.97. The van der Waals surface area contributed by atoms with Crippen LogP contribution in [-0.4, -0.2) is 39.5 Å². The highest BCUT2D eigenvalue weighted by Crippen LogP contribution is 2.41. The van der Waals surface area contributed by atoms with Crippen LogP contribution in [0.5, 0.6) is 0 Å². The molecule has 0 bridgehead atoms. The van der Waals surface area contributed by atoms with Crippen LogP contribution in [0.25, 0.3) is 0 Å². The number of nitrogens with zero attached hydrogens (tertiary/aromatic N) is 3. The summed E-state index contributed by atoms with van der Waals surface area (Å²) in [5, 5.41) is 3.75. The van der Waals surface area contributed by atoms with E-state index < -0.39 is 0 Å². The molecular formula is C14H22N4. The molecule has 1 saturated heterocycles. The van der Waals surface area contributed by atoms with Gasteiger partial charge in [-0.25, -0.2) is 9.97 Å². The molecule has 2 atom stereocenters. The second-order valence-electron chi connectivity index (χ2n) is 6.03. The minimum Gasteiger partial charge on any atom is -0.308 e. The third kappa shape index (κ3) is 2.40. The standard InChI is InChI=1S/C14H22N4/c1-11-7-17-14(2,12-3-4-12)9-18(11)8-13-5-6-15-10-16-13/h5-6,10-12,17H,3-4,7-9H2,1-2H3. The maximum atomic E-state index is 4.34. The normalized spacial score (nSPS) is 33.6. The molecule has 2 unspecified atom stereocenters. The van der Waals surface area contributed by atoms with Crippen LogP contribution in [0.15, 0.2) is 18.6 Å². The van der Waals surface area contributed by atoms with E-state index in [1.807, 2.05) is 12.3 Å². The summed E-state index contributed by atoms with van der Waals surface area (Å²) in [5.74, 6) is 0.873. The maximum absolute atomic E-state index is 4.34. The lowest BCUT2D eigenvalue weighted by molar-refractivity contribution is 0.0759. The second kappa shape index (κ2) is 4.59. The Morgan fingerprint density at radius 1 is 1.50 bits per heavy atom. The van der Waals surface area contributed by atoms with E-state index in [9.17, 15) is 0 Å². The number of nitrogens with one attached hydrogen (secondary N) is 1. The molecule has 4 heteroatoms. The van der Waals surface area contributed by atoms with Crippen LogP contribution in [0.3, 0.4) is 0 Å². The summed E-state index contributed by atoms with van der Waals surface area (Å²) in [4.78, 5) is 10.9. The van der Waals surface area contributed by atoms with E-state index in [-0.39, 0.29) is 0 Å². The summed E-state index contributed by atoms with van der Waals surface area (Å²) < 4.78 is 0. The van der Waals surface area contributed by atoms with Crippen molar-refractivity contribution in [2.75, 3.05) is 13.1 Å². The predicted molar refractivity (Wildman–Crippen MR) is 71.0 cm³/mol. The van der Waals surface area contributed by atoms with E-state index in [1.165, 1.54) is 12.8 Å². The quantitative estimate of drug-likeness (QED) is 0.876. The largest absolute Gasteiger partial charge is 0.308 e. The van der Waals surface area contributed by atoms with E-state index in [0.29, 0.717) is 11.6 Å². The fraction of sp³-hybridized carbons (Fsp3) is 0.714. The van der Waals surface area contributed by atoms with Gasteiger partial charge in [0.1, 0.15) is 6.33 Å². The van der Waals surface area contributed by atoms with Crippen LogP contribution in [0, 0.1) is 5.92 Å². The van der Waals surface area contributed by atoms with Gasteiger partial charge in [-0.15, -0.1) is 0 Å². The van der Waals surface area contributed by atoms with Gasteiger partial charge in [-0.05, 0) is 38.7 Å². The van der Waals surface area contributed by atoms with Crippen LogP contribution in [0.4, 0.5) is 0 Å². The Bertz CT molecular complexity index is 404. The van der Waals surface area contributed by atoms with Crippen LogP contribution in [0.1, 0.15) is 32.4 Å². The van der Waals surface area contributed by atoms with Gasteiger partial charge in [0, 0.05) is 37.4 Å². The Hall–Kier alpha value is -1.00. The molecule has 2 heterocycles. The van der Waals surface area contributed by atoms with Crippen molar-refractivity contribution < 1.29 is 0 Å². The van der Waals surface area contributed by atoms with Crippen molar-refractivity contribution in [3.05, 3.63) is 24.3 Å². The molecule has 3 rings (SSSR count). The topological polar surface area (TPSA) is 41.0 Å². The van der Waals surface area contributed by atoms with E-state index >= 15 is 0 Å². The molecule has 1 saturated carbocycles. The third-order valence-electron chi connectivity index (χ3n) is 4.44. The Morgan fingerprint density at radius 2 is 2.33 bits per heavy atom. The molecule has 18 heavy (non-hydrogen) atoms. The first-order valence-electron chi connectivity index (χ1n) is 6.91. The summed E-state index contributed by atoms with van der Waals surface area (Å²) >= 11 is 0. The summed E-state index contributed by atoms with van der Waals surface area (Å²) in [6.07, 6.45) is 6.25.